The second kappa shape index (κ2) is 4.26. The normalized spacial score (nSPS) is 17.4. The predicted molar refractivity (Wildman–Crippen MR) is 83.6 cm³/mol. The van der Waals surface area contributed by atoms with Crippen molar-refractivity contribution in [3.8, 4) is 0 Å². The molecule has 0 fully saturated rings. The number of fused-ring (bicyclic) bond motifs is 6. The van der Waals surface area contributed by atoms with Crippen molar-refractivity contribution in [2.75, 3.05) is 0 Å². The molecule has 2 heteroatoms. The molecule has 1 atom stereocenters. The standard InChI is InChI=1S/C19H14O2/c1-11(20)18-17(21)10-16-14-8-3-2-6-12(14)13-7-4-5-9-15(13)19(16)18/h2-9,18H,10H2,1H3. The van der Waals surface area contributed by atoms with E-state index in [-0.39, 0.29) is 11.6 Å². The summed E-state index contributed by atoms with van der Waals surface area (Å²) in [6, 6.07) is 16.2. The first-order valence-electron chi connectivity index (χ1n) is 7.14. The number of Topliss-reactive ketones (excluding diaryl/α,β-unsaturated/α-hetero) is 2. The highest BCUT2D eigenvalue weighted by atomic mass is 16.1. The van der Waals surface area contributed by atoms with Gasteiger partial charge in [0, 0.05) is 6.42 Å². The molecular weight excluding hydrogens is 260 g/mol. The molecule has 0 saturated heterocycles. The Bertz CT molecular complexity index is 921. The zero-order valence-corrected chi connectivity index (χ0v) is 11.7. The lowest BCUT2D eigenvalue weighted by Gasteiger charge is -2.13. The molecule has 0 amide bonds. The van der Waals surface area contributed by atoms with Gasteiger partial charge >= 0.3 is 0 Å². The highest BCUT2D eigenvalue weighted by Gasteiger charge is 2.36. The van der Waals surface area contributed by atoms with Gasteiger partial charge in [-0.1, -0.05) is 48.5 Å². The molecule has 0 aliphatic heterocycles. The van der Waals surface area contributed by atoms with E-state index >= 15 is 0 Å². The van der Waals surface area contributed by atoms with Crippen molar-refractivity contribution in [2.45, 2.75) is 19.3 Å². The van der Waals surface area contributed by atoms with Gasteiger partial charge in [-0.3, -0.25) is 9.59 Å². The van der Waals surface area contributed by atoms with Gasteiger partial charge < -0.3 is 0 Å². The SMILES string of the molecule is CC(=O)C1C(=O)Cc2c1c1ccccc1c1ccccc21. The number of rotatable bonds is 1. The van der Waals surface area contributed by atoms with Crippen LogP contribution in [0.15, 0.2) is 48.5 Å². The number of ketones is 2. The summed E-state index contributed by atoms with van der Waals surface area (Å²) >= 11 is 0. The van der Waals surface area contributed by atoms with Gasteiger partial charge in [0.2, 0.25) is 0 Å². The second-order valence-electron chi connectivity index (χ2n) is 5.67. The van der Waals surface area contributed by atoms with E-state index in [2.05, 4.69) is 18.2 Å². The molecule has 0 aromatic heterocycles. The van der Waals surface area contributed by atoms with Crippen molar-refractivity contribution in [2.24, 2.45) is 0 Å². The fourth-order valence-corrected chi connectivity index (χ4v) is 3.63. The largest absolute Gasteiger partial charge is 0.299 e. The molecule has 0 radical (unpaired) electrons. The third-order valence-corrected chi connectivity index (χ3v) is 4.45. The molecule has 0 N–H and O–H groups in total. The molecule has 1 aliphatic rings. The van der Waals surface area contributed by atoms with Crippen LogP contribution >= 0.6 is 0 Å². The van der Waals surface area contributed by atoms with Crippen LogP contribution in [0.5, 0.6) is 0 Å². The molecule has 0 saturated carbocycles. The number of carbonyl (C=O) groups is 2. The Morgan fingerprint density at radius 2 is 1.43 bits per heavy atom. The Morgan fingerprint density at radius 3 is 2.05 bits per heavy atom. The van der Waals surface area contributed by atoms with E-state index in [1.807, 2.05) is 30.3 Å². The summed E-state index contributed by atoms with van der Waals surface area (Å²) in [5.41, 5.74) is 1.97. The second-order valence-corrected chi connectivity index (χ2v) is 5.67. The lowest BCUT2D eigenvalue weighted by Crippen LogP contribution is -2.14. The smallest absolute Gasteiger partial charge is 0.152 e. The molecular formula is C19H14O2. The summed E-state index contributed by atoms with van der Waals surface area (Å²) in [7, 11) is 0. The highest BCUT2D eigenvalue weighted by molar-refractivity contribution is 6.20. The van der Waals surface area contributed by atoms with E-state index in [1.54, 1.807) is 0 Å². The van der Waals surface area contributed by atoms with Crippen molar-refractivity contribution in [1.82, 2.24) is 0 Å². The first-order chi connectivity index (χ1) is 10.2. The van der Waals surface area contributed by atoms with Crippen molar-refractivity contribution in [3.05, 3.63) is 59.7 Å². The molecule has 0 heterocycles. The highest BCUT2D eigenvalue weighted by Crippen LogP contribution is 2.42. The van der Waals surface area contributed by atoms with Crippen LogP contribution < -0.4 is 0 Å². The van der Waals surface area contributed by atoms with E-state index in [4.69, 9.17) is 0 Å². The summed E-state index contributed by atoms with van der Waals surface area (Å²) in [5, 5.41) is 4.41. The van der Waals surface area contributed by atoms with Gasteiger partial charge in [0.1, 0.15) is 11.7 Å². The van der Waals surface area contributed by atoms with Gasteiger partial charge in [0.25, 0.3) is 0 Å². The predicted octanol–water partition coefficient (Wildman–Crippen LogP) is 3.79. The van der Waals surface area contributed by atoms with E-state index in [0.29, 0.717) is 6.42 Å². The van der Waals surface area contributed by atoms with Crippen LogP contribution in [0.2, 0.25) is 0 Å². The van der Waals surface area contributed by atoms with Gasteiger partial charge in [0.15, 0.2) is 5.78 Å². The Hall–Kier alpha value is -2.48. The molecule has 3 aromatic carbocycles. The number of hydrogen-bond donors (Lipinski definition) is 0. The minimum atomic E-state index is -0.588. The van der Waals surface area contributed by atoms with Crippen molar-refractivity contribution in [1.29, 1.82) is 0 Å². The minimum Gasteiger partial charge on any atom is -0.299 e. The average Bonchev–Trinajstić information content (AvgIpc) is 2.85. The summed E-state index contributed by atoms with van der Waals surface area (Å²) < 4.78 is 0. The monoisotopic (exact) mass is 274 g/mol. The summed E-state index contributed by atoms with van der Waals surface area (Å²) in [6.07, 6.45) is 0.366. The molecule has 1 aliphatic carbocycles. The molecule has 1 unspecified atom stereocenters. The average molecular weight is 274 g/mol. The van der Waals surface area contributed by atoms with Crippen LogP contribution in [0.1, 0.15) is 24.0 Å². The molecule has 2 nitrogen and oxygen atoms in total. The van der Waals surface area contributed by atoms with E-state index in [1.165, 1.54) is 6.92 Å². The lowest BCUT2D eigenvalue weighted by molar-refractivity contribution is -0.126. The maximum Gasteiger partial charge on any atom is 0.152 e. The summed E-state index contributed by atoms with van der Waals surface area (Å²) in [6.45, 7) is 1.52. The molecule has 3 aromatic rings. The van der Waals surface area contributed by atoms with Crippen molar-refractivity contribution >= 4 is 33.1 Å². The van der Waals surface area contributed by atoms with Crippen LogP contribution in [-0.2, 0) is 16.0 Å². The molecule has 0 bridgehead atoms. The zero-order valence-electron chi connectivity index (χ0n) is 11.7. The Labute approximate surface area is 122 Å². The molecule has 4 rings (SSSR count). The van der Waals surface area contributed by atoms with Crippen LogP contribution in [0.4, 0.5) is 0 Å². The van der Waals surface area contributed by atoms with Crippen LogP contribution in [0.3, 0.4) is 0 Å². The first kappa shape index (κ1) is 12.3. The Morgan fingerprint density at radius 1 is 0.905 bits per heavy atom. The first-order valence-corrected chi connectivity index (χ1v) is 7.14. The van der Waals surface area contributed by atoms with Gasteiger partial charge in [0.05, 0.1) is 0 Å². The summed E-state index contributed by atoms with van der Waals surface area (Å²) in [5.74, 6) is -0.618. The van der Waals surface area contributed by atoms with Crippen LogP contribution in [0.25, 0.3) is 21.5 Å². The fourth-order valence-electron chi connectivity index (χ4n) is 3.63. The van der Waals surface area contributed by atoms with Gasteiger partial charge in [-0.2, -0.15) is 0 Å². The van der Waals surface area contributed by atoms with Gasteiger partial charge in [-0.05, 0) is 39.6 Å². The van der Waals surface area contributed by atoms with Gasteiger partial charge in [-0.15, -0.1) is 0 Å². The Kier molecular flexibility index (Phi) is 2.49. The summed E-state index contributed by atoms with van der Waals surface area (Å²) in [4.78, 5) is 24.3. The number of carbonyl (C=O) groups excluding carboxylic acids is 2. The van der Waals surface area contributed by atoms with E-state index in [0.717, 1.165) is 32.7 Å². The van der Waals surface area contributed by atoms with Crippen LogP contribution in [-0.4, -0.2) is 11.6 Å². The van der Waals surface area contributed by atoms with Crippen LogP contribution in [0, 0.1) is 0 Å². The molecule has 21 heavy (non-hydrogen) atoms. The maximum atomic E-state index is 12.3. The molecule has 102 valence electrons. The number of hydrogen-bond acceptors (Lipinski definition) is 2. The van der Waals surface area contributed by atoms with Crippen molar-refractivity contribution in [3.63, 3.8) is 0 Å². The maximum absolute atomic E-state index is 12.3. The third kappa shape index (κ3) is 1.59. The fraction of sp³-hybridized carbons (Fsp3) is 0.158. The topological polar surface area (TPSA) is 34.1 Å². The van der Waals surface area contributed by atoms with E-state index in [9.17, 15) is 9.59 Å². The van der Waals surface area contributed by atoms with Gasteiger partial charge in [-0.25, -0.2) is 0 Å². The van der Waals surface area contributed by atoms with E-state index < -0.39 is 5.92 Å². The molecule has 0 spiro atoms. The Balaban J connectivity index is 2.26. The quantitative estimate of drug-likeness (QED) is 0.500. The number of benzene rings is 3. The lowest BCUT2D eigenvalue weighted by atomic mass is 9.88. The third-order valence-electron chi connectivity index (χ3n) is 4.45. The zero-order chi connectivity index (χ0) is 14.6. The van der Waals surface area contributed by atoms with Crippen molar-refractivity contribution < 1.29 is 9.59 Å². The minimum absolute atomic E-state index is 0.0269.